The molecule has 162 valence electrons. The highest BCUT2D eigenvalue weighted by molar-refractivity contribution is 5.30. The summed E-state index contributed by atoms with van der Waals surface area (Å²) in [5, 5.41) is 7.88. The Kier molecular flexibility index (Phi) is 7.50. The average Bonchev–Trinajstić information content (AvgIpc) is 2.88. The van der Waals surface area contributed by atoms with Crippen molar-refractivity contribution in [1.29, 1.82) is 0 Å². The summed E-state index contributed by atoms with van der Waals surface area (Å²) >= 11 is 0. The van der Waals surface area contributed by atoms with Crippen LogP contribution in [0.15, 0.2) is 121 Å². The molecule has 0 amide bonds. The van der Waals surface area contributed by atoms with E-state index in [9.17, 15) is 0 Å². The smallest absolute Gasteiger partial charge is 0.0523 e. The molecule has 0 saturated heterocycles. The van der Waals surface area contributed by atoms with Crippen molar-refractivity contribution >= 4 is 0 Å². The molecule has 0 fully saturated rings. The monoisotopic (exact) mass is 420 g/mol. The van der Waals surface area contributed by atoms with Crippen molar-refractivity contribution in [1.82, 2.24) is 10.6 Å². The van der Waals surface area contributed by atoms with Gasteiger partial charge in [0.1, 0.15) is 0 Å². The van der Waals surface area contributed by atoms with Gasteiger partial charge in [-0.05, 0) is 36.1 Å². The van der Waals surface area contributed by atoms with Crippen molar-refractivity contribution in [3.8, 4) is 0 Å². The minimum atomic E-state index is 0.0972. The molecule has 0 aliphatic heterocycles. The van der Waals surface area contributed by atoms with Crippen LogP contribution in [0.2, 0.25) is 0 Å². The van der Waals surface area contributed by atoms with Gasteiger partial charge in [-0.3, -0.25) is 0 Å². The van der Waals surface area contributed by atoms with Crippen LogP contribution in [0.5, 0.6) is 0 Å². The molecule has 2 heteroatoms. The number of rotatable bonds is 9. The Balaban J connectivity index is 1.70. The molecule has 0 radical (unpaired) electrons. The second-order valence-electron chi connectivity index (χ2n) is 8.37. The van der Waals surface area contributed by atoms with Gasteiger partial charge in [0.2, 0.25) is 0 Å². The van der Waals surface area contributed by atoms with Crippen LogP contribution < -0.4 is 10.6 Å². The van der Waals surface area contributed by atoms with Crippen LogP contribution in [0.1, 0.15) is 60.3 Å². The lowest BCUT2D eigenvalue weighted by atomic mass is 9.90. The molecular weight excluding hydrogens is 388 g/mol. The van der Waals surface area contributed by atoms with Crippen LogP contribution in [0.25, 0.3) is 0 Å². The first-order chi connectivity index (χ1) is 15.7. The molecular formula is C30H32N2. The maximum atomic E-state index is 3.94. The summed E-state index contributed by atoms with van der Waals surface area (Å²) in [6, 6.07) is 43.5. The predicted molar refractivity (Wildman–Crippen MR) is 134 cm³/mol. The van der Waals surface area contributed by atoms with E-state index in [4.69, 9.17) is 0 Å². The highest BCUT2D eigenvalue weighted by Crippen LogP contribution is 2.33. The van der Waals surface area contributed by atoms with E-state index < -0.39 is 0 Å². The van der Waals surface area contributed by atoms with Gasteiger partial charge in [0.05, 0.1) is 12.1 Å². The molecule has 0 aromatic heterocycles. The van der Waals surface area contributed by atoms with Crippen molar-refractivity contribution < 1.29 is 0 Å². The molecule has 4 atom stereocenters. The molecule has 4 aromatic rings. The summed E-state index contributed by atoms with van der Waals surface area (Å²) in [6.45, 7) is 4.49. The predicted octanol–water partition coefficient (Wildman–Crippen LogP) is 7.17. The Hall–Kier alpha value is -3.20. The molecule has 0 saturated carbocycles. The lowest BCUT2D eigenvalue weighted by Gasteiger charge is -2.34. The summed E-state index contributed by atoms with van der Waals surface area (Å²) in [7, 11) is 0. The van der Waals surface area contributed by atoms with E-state index >= 15 is 0 Å². The first-order valence-corrected chi connectivity index (χ1v) is 11.4. The van der Waals surface area contributed by atoms with E-state index in [1.54, 1.807) is 0 Å². The molecule has 2 N–H and O–H groups in total. The summed E-state index contributed by atoms with van der Waals surface area (Å²) in [5.74, 6) is 0. The Morgan fingerprint density at radius 3 is 0.906 bits per heavy atom. The SMILES string of the molecule is C[C@@H](N[C@@H](c1ccccc1)[C@@H](N[C@H](C)c1ccccc1)c1ccccc1)c1ccccc1. The first-order valence-electron chi connectivity index (χ1n) is 11.4. The third-order valence-corrected chi connectivity index (χ3v) is 6.11. The molecule has 2 nitrogen and oxygen atoms in total. The van der Waals surface area contributed by atoms with Crippen molar-refractivity contribution in [2.45, 2.75) is 38.0 Å². The van der Waals surface area contributed by atoms with Crippen molar-refractivity contribution in [3.63, 3.8) is 0 Å². The second kappa shape index (κ2) is 10.9. The molecule has 0 bridgehead atoms. The fourth-order valence-electron chi connectivity index (χ4n) is 4.31. The van der Waals surface area contributed by atoms with Gasteiger partial charge in [0.15, 0.2) is 0 Å². The normalized spacial score (nSPS) is 14.9. The third kappa shape index (κ3) is 5.53. The van der Waals surface area contributed by atoms with Crippen LogP contribution in [0.3, 0.4) is 0 Å². The standard InChI is InChI=1S/C30H32N2/c1-23(25-15-7-3-8-16-25)31-29(27-19-11-5-12-20-27)30(28-21-13-6-14-22-28)32-24(2)26-17-9-4-10-18-26/h3-24,29-32H,1-2H3/t23-,24-,29+,30+/m1/s1. The Bertz CT molecular complexity index is 960. The minimum absolute atomic E-state index is 0.0972. The van der Waals surface area contributed by atoms with Crippen LogP contribution in [0.4, 0.5) is 0 Å². The minimum Gasteiger partial charge on any atom is -0.302 e. The van der Waals surface area contributed by atoms with Gasteiger partial charge in [0, 0.05) is 12.1 Å². The lowest BCUT2D eigenvalue weighted by molar-refractivity contribution is 0.333. The second-order valence-corrected chi connectivity index (χ2v) is 8.37. The van der Waals surface area contributed by atoms with Crippen LogP contribution >= 0.6 is 0 Å². The highest BCUT2D eigenvalue weighted by atomic mass is 15.1. The quantitative estimate of drug-likeness (QED) is 0.300. The van der Waals surface area contributed by atoms with Gasteiger partial charge in [-0.15, -0.1) is 0 Å². The molecule has 0 spiro atoms. The fourth-order valence-corrected chi connectivity index (χ4v) is 4.31. The summed E-state index contributed by atoms with van der Waals surface area (Å²) < 4.78 is 0. The molecule has 0 unspecified atom stereocenters. The number of benzene rings is 4. The maximum absolute atomic E-state index is 3.94. The summed E-state index contributed by atoms with van der Waals surface area (Å²) in [4.78, 5) is 0. The van der Waals surface area contributed by atoms with E-state index in [0.29, 0.717) is 0 Å². The van der Waals surface area contributed by atoms with E-state index in [0.717, 1.165) is 0 Å². The van der Waals surface area contributed by atoms with Gasteiger partial charge < -0.3 is 10.6 Å². The molecule has 0 aliphatic carbocycles. The van der Waals surface area contributed by atoms with Gasteiger partial charge in [-0.1, -0.05) is 121 Å². The first kappa shape index (κ1) is 22.0. The van der Waals surface area contributed by atoms with E-state index in [2.05, 4.69) is 146 Å². The van der Waals surface area contributed by atoms with Gasteiger partial charge in [-0.25, -0.2) is 0 Å². The van der Waals surface area contributed by atoms with Crippen LogP contribution in [0, 0.1) is 0 Å². The van der Waals surface area contributed by atoms with Gasteiger partial charge in [-0.2, -0.15) is 0 Å². The Labute approximate surface area is 192 Å². The van der Waals surface area contributed by atoms with Gasteiger partial charge >= 0.3 is 0 Å². The van der Waals surface area contributed by atoms with Crippen molar-refractivity contribution in [2.75, 3.05) is 0 Å². The summed E-state index contributed by atoms with van der Waals surface area (Å²) in [6.07, 6.45) is 0. The van der Waals surface area contributed by atoms with E-state index in [1.165, 1.54) is 22.3 Å². The van der Waals surface area contributed by atoms with E-state index in [1.807, 2.05) is 0 Å². The summed E-state index contributed by atoms with van der Waals surface area (Å²) in [5.41, 5.74) is 5.13. The largest absolute Gasteiger partial charge is 0.302 e. The van der Waals surface area contributed by atoms with Crippen molar-refractivity contribution in [3.05, 3.63) is 144 Å². The number of nitrogens with one attached hydrogen (secondary N) is 2. The highest BCUT2D eigenvalue weighted by Gasteiger charge is 2.28. The average molecular weight is 421 g/mol. The lowest BCUT2D eigenvalue weighted by Crippen LogP contribution is -2.37. The molecule has 32 heavy (non-hydrogen) atoms. The third-order valence-electron chi connectivity index (χ3n) is 6.11. The van der Waals surface area contributed by atoms with Gasteiger partial charge in [0.25, 0.3) is 0 Å². The molecule has 4 rings (SSSR count). The molecule has 0 heterocycles. The number of hydrogen-bond acceptors (Lipinski definition) is 2. The topological polar surface area (TPSA) is 24.1 Å². The zero-order valence-corrected chi connectivity index (χ0v) is 18.9. The fraction of sp³-hybridized carbons (Fsp3) is 0.200. The number of hydrogen-bond donors (Lipinski definition) is 2. The van der Waals surface area contributed by atoms with Crippen LogP contribution in [-0.4, -0.2) is 0 Å². The molecule has 4 aromatic carbocycles. The zero-order chi connectivity index (χ0) is 22.2. The van der Waals surface area contributed by atoms with Crippen LogP contribution in [-0.2, 0) is 0 Å². The Morgan fingerprint density at radius 2 is 0.625 bits per heavy atom. The Morgan fingerprint density at radius 1 is 0.375 bits per heavy atom. The maximum Gasteiger partial charge on any atom is 0.0523 e. The van der Waals surface area contributed by atoms with Crippen molar-refractivity contribution in [2.24, 2.45) is 0 Å². The zero-order valence-electron chi connectivity index (χ0n) is 18.9. The van der Waals surface area contributed by atoms with E-state index in [-0.39, 0.29) is 24.2 Å². The molecule has 0 aliphatic rings.